The summed E-state index contributed by atoms with van der Waals surface area (Å²) in [7, 11) is 0. The van der Waals surface area contributed by atoms with Crippen LogP contribution in [0.1, 0.15) is 28.1 Å². The Morgan fingerprint density at radius 3 is 1.44 bits per heavy atom. The minimum atomic E-state index is -4.00. The third-order valence-corrected chi connectivity index (χ3v) is 15.2. The zero-order chi connectivity index (χ0) is 40.3. The molecule has 12 nitrogen and oxygen atoms in total. The first-order valence-corrected chi connectivity index (χ1v) is 24.3. The Labute approximate surface area is 346 Å². The number of cyclic esters (lactones) is 1. The van der Waals surface area contributed by atoms with Gasteiger partial charge in [0.15, 0.2) is 0 Å². The van der Waals surface area contributed by atoms with Gasteiger partial charge in [0, 0.05) is 0 Å². The number of aliphatic hydroxyl groups excluding tert-OH is 1. The number of aliphatic hydroxyl groups is 1. The van der Waals surface area contributed by atoms with Gasteiger partial charge in [-0.25, -0.2) is 0 Å². The van der Waals surface area contributed by atoms with Crippen molar-refractivity contribution in [1.29, 1.82) is 0 Å². The predicted octanol–water partition coefficient (Wildman–Crippen LogP) is 3.77. The van der Waals surface area contributed by atoms with E-state index in [2.05, 4.69) is 4.74 Å². The number of ether oxygens (including phenoxy) is 6. The van der Waals surface area contributed by atoms with Gasteiger partial charge < -0.3 is 0 Å². The summed E-state index contributed by atoms with van der Waals surface area (Å²) in [6.07, 6.45) is -9.66. The van der Waals surface area contributed by atoms with Crippen LogP contribution in [0, 0.1) is 0 Å². The maximum absolute atomic E-state index is 14.2. The zero-order valence-electron chi connectivity index (χ0n) is 28.8. The molecular formula is C39H36Bi2F4O12. The van der Waals surface area contributed by atoms with Gasteiger partial charge in [-0.05, 0) is 0 Å². The number of alkyl halides is 4. The molecule has 0 saturated carbocycles. The summed E-state index contributed by atoms with van der Waals surface area (Å²) in [6.45, 7) is -1.23. The van der Waals surface area contributed by atoms with Crippen LogP contribution in [0.3, 0.4) is 0 Å². The molecule has 2 saturated heterocycles. The third kappa shape index (κ3) is 12.3. The van der Waals surface area contributed by atoms with Crippen LogP contribution in [0.5, 0.6) is 0 Å². The molecule has 0 aliphatic carbocycles. The van der Waals surface area contributed by atoms with Crippen molar-refractivity contribution in [3.8, 4) is 0 Å². The second kappa shape index (κ2) is 20.9. The summed E-state index contributed by atoms with van der Waals surface area (Å²) in [5.74, 6) is -11.1. The zero-order valence-corrected chi connectivity index (χ0v) is 36.6. The molecule has 0 amide bonds. The van der Waals surface area contributed by atoms with E-state index < -0.39 is 127 Å². The first-order valence-electron chi connectivity index (χ1n) is 16.6. The monoisotopic (exact) mass is 1190 g/mol. The number of benzene rings is 4. The molecular weight excluding hydrogens is 1150 g/mol. The molecule has 4 aromatic rings. The fraction of sp³-hybridized carbons (Fsp3) is 0.256. The molecule has 0 bridgehead atoms. The van der Waals surface area contributed by atoms with E-state index in [0.717, 1.165) is 6.54 Å². The molecule has 2 aliphatic rings. The van der Waals surface area contributed by atoms with Gasteiger partial charge in [-0.15, -0.1) is 0 Å². The number of carbonyl (C=O) groups excluding carboxylic acids is 5. The van der Waals surface area contributed by atoms with E-state index in [1.54, 1.807) is 97.1 Å². The Bertz CT molecular complexity index is 1960. The first-order chi connectivity index (χ1) is 26.8. The summed E-state index contributed by atoms with van der Waals surface area (Å²) in [4.78, 5) is 59.7. The van der Waals surface area contributed by atoms with Crippen LogP contribution in [-0.4, -0.2) is 133 Å². The number of hydrogen-bond acceptors (Lipinski definition) is 12. The molecule has 5 atom stereocenters. The molecule has 1 unspecified atom stereocenters. The van der Waals surface area contributed by atoms with E-state index in [4.69, 9.17) is 23.7 Å². The van der Waals surface area contributed by atoms with Crippen LogP contribution in [0.4, 0.5) is 27.2 Å². The van der Waals surface area contributed by atoms with Crippen LogP contribution in [0.15, 0.2) is 121 Å². The molecule has 6 rings (SSSR count). The molecule has 2 fully saturated rings. The number of rotatable bonds is 12. The molecule has 4 aromatic carbocycles. The Balaban J connectivity index is 0.000000248. The number of esters is 3. The predicted molar refractivity (Wildman–Crippen MR) is 198 cm³/mol. The van der Waals surface area contributed by atoms with Crippen LogP contribution >= 0.6 is 0 Å². The van der Waals surface area contributed by atoms with Gasteiger partial charge in [-0.2, -0.15) is 0 Å². The van der Waals surface area contributed by atoms with Crippen molar-refractivity contribution in [3.63, 3.8) is 0 Å². The maximum atomic E-state index is 14.2. The summed E-state index contributed by atoms with van der Waals surface area (Å²) in [5.41, 5.74) is 0.451. The van der Waals surface area contributed by atoms with Crippen molar-refractivity contribution in [2.45, 2.75) is 50.0 Å². The Morgan fingerprint density at radius 1 is 0.614 bits per heavy atom. The molecule has 0 radical (unpaired) electrons. The summed E-state index contributed by atoms with van der Waals surface area (Å²) in [5, 5.41) is 9.49. The van der Waals surface area contributed by atoms with E-state index in [-0.39, 0.29) is 18.6 Å². The molecule has 2 aliphatic heterocycles. The molecule has 18 heteroatoms. The summed E-state index contributed by atoms with van der Waals surface area (Å²) in [6, 6.07) is 33.3. The van der Waals surface area contributed by atoms with Gasteiger partial charge in [-0.3, -0.25) is 0 Å². The van der Waals surface area contributed by atoms with Gasteiger partial charge >= 0.3 is 342 Å². The molecule has 302 valence electrons. The first kappa shape index (κ1) is 45.3. The molecule has 0 aromatic heterocycles. The molecule has 1 N–H and O–H groups in total. The molecule has 57 heavy (non-hydrogen) atoms. The average molecular weight is 1190 g/mol. The van der Waals surface area contributed by atoms with Crippen molar-refractivity contribution >= 4 is 78.3 Å². The van der Waals surface area contributed by atoms with E-state index in [0.29, 0.717) is 0 Å². The fourth-order valence-electron chi connectivity index (χ4n) is 5.09. The van der Waals surface area contributed by atoms with Crippen molar-refractivity contribution in [1.82, 2.24) is 0 Å². The van der Waals surface area contributed by atoms with Gasteiger partial charge in [-0.1, -0.05) is 7.43 Å². The SMILES string of the molecule is C.O=[C](O[C@H]1[C@@H](COC(=O)c2ccccc2)OC(=O)C1(F)F)[BiH][c]1ccccc1.O=[C](O[C@H]1[C@@H](COC(=O)c2ccccc2)OC(O)C1(F)F)[BiH][c]1ccccc1. The second-order valence-corrected chi connectivity index (χ2v) is 21.4. The number of hydrogen-bond donors (Lipinski definition) is 1. The van der Waals surface area contributed by atoms with Gasteiger partial charge in [0.1, 0.15) is 0 Å². The topological polar surface area (TPSA) is 161 Å². The normalized spacial score (nSPS) is 21.4. The fourth-order valence-corrected chi connectivity index (χ4v) is 11.2. The van der Waals surface area contributed by atoms with E-state index in [9.17, 15) is 46.6 Å². The summed E-state index contributed by atoms with van der Waals surface area (Å²) >= 11 is -4.39. The van der Waals surface area contributed by atoms with Gasteiger partial charge in [0.2, 0.25) is 0 Å². The average Bonchev–Trinajstić information content (AvgIpc) is 3.54. The second-order valence-electron chi connectivity index (χ2n) is 11.8. The van der Waals surface area contributed by atoms with Crippen LogP contribution in [0.2, 0.25) is 0 Å². The standard InChI is InChI=1S/C13H11F2O6.C13H9F2O6.2C6H5.CH4.2Bi.2H/c2*14-13(15)10(20-7-16)9(21-12(13)18)6-19-11(17)8-4-2-1-3-5-8;2*1-2-4-6-5-3-1;;;;;/h1-5,9-10,12,18H,6H2;1-5,9-10H,6H2;2*1-5H;1H4;;;;/t9-,10+,12?;9-,10+;;;;;;;/m11......./s1. The summed E-state index contributed by atoms with van der Waals surface area (Å²) < 4.78 is 86.0. The third-order valence-electron chi connectivity index (χ3n) is 7.86. The Morgan fingerprint density at radius 2 is 1.00 bits per heavy atom. The van der Waals surface area contributed by atoms with Gasteiger partial charge in [0.05, 0.1) is 0 Å². The number of halogens is 4. The van der Waals surface area contributed by atoms with E-state index in [1.807, 2.05) is 0 Å². The van der Waals surface area contributed by atoms with Crippen molar-refractivity contribution in [3.05, 3.63) is 132 Å². The van der Waals surface area contributed by atoms with Crippen LogP contribution in [-0.2, 0) is 33.2 Å². The molecule has 0 spiro atoms. The quantitative estimate of drug-likeness (QED) is 0.0949. The number of carbonyl (C=O) groups is 5. The Hall–Kier alpha value is -4.36. The van der Waals surface area contributed by atoms with E-state index in [1.165, 1.54) is 24.3 Å². The minimum absolute atomic E-state index is 0. The molecule has 2 heterocycles. The van der Waals surface area contributed by atoms with Gasteiger partial charge in [0.25, 0.3) is 0 Å². The van der Waals surface area contributed by atoms with Crippen molar-refractivity contribution < 1.29 is 75.1 Å². The van der Waals surface area contributed by atoms with Crippen molar-refractivity contribution in [2.24, 2.45) is 0 Å². The van der Waals surface area contributed by atoms with Crippen molar-refractivity contribution in [2.75, 3.05) is 13.2 Å². The Kier molecular flexibility index (Phi) is 16.6. The van der Waals surface area contributed by atoms with Crippen LogP contribution in [0.25, 0.3) is 0 Å². The van der Waals surface area contributed by atoms with Crippen LogP contribution < -0.4 is 6.54 Å². The van der Waals surface area contributed by atoms with E-state index >= 15 is 0 Å².